The monoisotopic (exact) mass is 162 g/mol. The Balaban J connectivity index is 2.55. The van der Waals surface area contributed by atoms with Gasteiger partial charge in [0.05, 0.1) is 6.20 Å². The lowest BCUT2D eigenvalue weighted by Crippen LogP contribution is -1.93. The molecule has 0 fully saturated rings. The molecule has 2 aromatic rings. The molecule has 2 rings (SSSR count). The molecule has 2 heterocycles. The van der Waals surface area contributed by atoms with Crippen LogP contribution in [0.1, 0.15) is 0 Å². The minimum absolute atomic E-state index is 0.424. The van der Waals surface area contributed by atoms with Gasteiger partial charge in [-0.15, -0.1) is 0 Å². The van der Waals surface area contributed by atoms with Gasteiger partial charge in [-0.05, 0) is 0 Å². The number of nitrogens with zero attached hydrogens (tertiary/aromatic N) is 3. The van der Waals surface area contributed by atoms with E-state index < -0.39 is 0 Å². The van der Waals surface area contributed by atoms with Crippen LogP contribution in [-0.2, 0) is 0 Å². The minimum Gasteiger partial charge on any atom is -0.383 e. The van der Waals surface area contributed by atoms with Gasteiger partial charge in [0.1, 0.15) is 18.4 Å². The Bertz CT molecular complexity index is 371. The van der Waals surface area contributed by atoms with Crippen molar-refractivity contribution >= 4 is 5.82 Å². The summed E-state index contributed by atoms with van der Waals surface area (Å²) in [5.41, 5.74) is 7.11. The highest BCUT2D eigenvalue weighted by Crippen LogP contribution is 2.21. The van der Waals surface area contributed by atoms with Gasteiger partial charge in [0.25, 0.3) is 0 Å². The van der Waals surface area contributed by atoms with Crippen LogP contribution < -0.4 is 5.73 Å². The molecule has 0 aliphatic carbocycles. The number of hydrogen-bond donors (Lipinski definition) is 1. The van der Waals surface area contributed by atoms with Crippen molar-refractivity contribution in [2.75, 3.05) is 5.73 Å². The number of nitrogen functional groups attached to an aromatic ring is 1. The summed E-state index contributed by atoms with van der Waals surface area (Å²) in [4.78, 5) is 7.67. The van der Waals surface area contributed by atoms with Crippen LogP contribution in [0.15, 0.2) is 29.5 Å². The highest BCUT2D eigenvalue weighted by Gasteiger charge is 2.04. The standard InChI is InChI=1S/C7H6N4O/c8-7-6(2-9-4-10-7)5-1-11-12-3-5/h1-4H,(H2,8,9,10). The van der Waals surface area contributed by atoms with Crippen LogP contribution in [0.5, 0.6) is 0 Å². The van der Waals surface area contributed by atoms with Crippen LogP contribution in [0, 0.1) is 0 Å². The third kappa shape index (κ3) is 1.01. The van der Waals surface area contributed by atoms with E-state index in [9.17, 15) is 0 Å². The van der Waals surface area contributed by atoms with Gasteiger partial charge >= 0.3 is 0 Å². The average molecular weight is 162 g/mol. The van der Waals surface area contributed by atoms with Gasteiger partial charge in [-0.25, -0.2) is 9.97 Å². The maximum atomic E-state index is 5.59. The van der Waals surface area contributed by atoms with Gasteiger partial charge in [-0.3, -0.25) is 0 Å². The van der Waals surface area contributed by atoms with Crippen molar-refractivity contribution in [2.45, 2.75) is 0 Å². The van der Waals surface area contributed by atoms with E-state index in [4.69, 9.17) is 5.73 Å². The maximum Gasteiger partial charge on any atom is 0.134 e. The topological polar surface area (TPSA) is 77.8 Å². The highest BCUT2D eigenvalue weighted by molar-refractivity contribution is 5.70. The van der Waals surface area contributed by atoms with Crippen molar-refractivity contribution in [1.29, 1.82) is 0 Å². The first kappa shape index (κ1) is 6.78. The van der Waals surface area contributed by atoms with Gasteiger partial charge in [0.15, 0.2) is 0 Å². The predicted octanol–water partition coefficient (Wildman–Crippen LogP) is 0.714. The number of nitrogens with two attached hydrogens (primary N) is 1. The van der Waals surface area contributed by atoms with Crippen molar-refractivity contribution in [1.82, 2.24) is 15.1 Å². The molecule has 0 aromatic carbocycles. The fourth-order valence-electron chi connectivity index (χ4n) is 0.899. The van der Waals surface area contributed by atoms with Crippen molar-refractivity contribution in [2.24, 2.45) is 0 Å². The summed E-state index contributed by atoms with van der Waals surface area (Å²) in [5.74, 6) is 0.424. The predicted molar refractivity (Wildman–Crippen MR) is 41.9 cm³/mol. The third-order valence-corrected chi connectivity index (χ3v) is 1.49. The van der Waals surface area contributed by atoms with Crippen molar-refractivity contribution in [3.63, 3.8) is 0 Å². The van der Waals surface area contributed by atoms with Crippen LogP contribution in [0.4, 0.5) is 5.82 Å². The summed E-state index contributed by atoms with van der Waals surface area (Å²) in [5, 5.41) is 3.55. The molecule has 0 bridgehead atoms. The van der Waals surface area contributed by atoms with Gasteiger partial charge in [0, 0.05) is 17.3 Å². The first-order valence-electron chi connectivity index (χ1n) is 3.33. The molecule has 12 heavy (non-hydrogen) atoms. The van der Waals surface area contributed by atoms with Gasteiger partial charge in [-0.2, -0.15) is 0 Å². The Morgan fingerprint density at radius 2 is 2.25 bits per heavy atom. The van der Waals surface area contributed by atoms with E-state index in [0.29, 0.717) is 5.82 Å². The lowest BCUT2D eigenvalue weighted by molar-refractivity contribution is 0.420. The Morgan fingerprint density at radius 1 is 1.33 bits per heavy atom. The Hall–Kier alpha value is -1.91. The fourth-order valence-corrected chi connectivity index (χ4v) is 0.899. The Morgan fingerprint density at radius 3 is 2.92 bits per heavy atom. The summed E-state index contributed by atoms with van der Waals surface area (Å²) in [7, 11) is 0. The molecule has 0 atom stereocenters. The normalized spacial score (nSPS) is 10.0. The zero-order chi connectivity index (χ0) is 8.39. The summed E-state index contributed by atoms with van der Waals surface area (Å²) in [6.07, 6.45) is 6.07. The molecule has 0 unspecified atom stereocenters. The van der Waals surface area contributed by atoms with Gasteiger partial charge in [-0.1, -0.05) is 5.16 Å². The molecule has 0 saturated heterocycles. The molecule has 5 nitrogen and oxygen atoms in total. The zero-order valence-electron chi connectivity index (χ0n) is 6.14. The second-order valence-electron chi connectivity index (χ2n) is 2.23. The van der Waals surface area contributed by atoms with Crippen LogP contribution >= 0.6 is 0 Å². The molecule has 0 aliphatic heterocycles. The molecule has 0 saturated carbocycles. The molecular formula is C7H6N4O. The third-order valence-electron chi connectivity index (χ3n) is 1.49. The first-order chi connectivity index (χ1) is 5.88. The SMILES string of the molecule is Nc1ncncc1-c1cnoc1. The number of anilines is 1. The number of rotatable bonds is 1. The highest BCUT2D eigenvalue weighted by atomic mass is 16.5. The molecular weight excluding hydrogens is 156 g/mol. The molecule has 0 spiro atoms. The summed E-state index contributed by atoms with van der Waals surface area (Å²) in [6, 6.07) is 0. The molecule has 0 amide bonds. The van der Waals surface area contributed by atoms with E-state index >= 15 is 0 Å². The number of hydrogen-bond acceptors (Lipinski definition) is 5. The van der Waals surface area contributed by atoms with Crippen molar-refractivity contribution < 1.29 is 4.52 Å². The van der Waals surface area contributed by atoms with Crippen molar-refractivity contribution in [3.8, 4) is 11.1 Å². The summed E-state index contributed by atoms with van der Waals surface area (Å²) < 4.78 is 4.66. The van der Waals surface area contributed by atoms with E-state index in [2.05, 4.69) is 19.6 Å². The van der Waals surface area contributed by atoms with Crippen LogP contribution in [0.25, 0.3) is 11.1 Å². The Kier molecular flexibility index (Phi) is 1.48. The van der Waals surface area contributed by atoms with E-state index in [1.807, 2.05) is 0 Å². The molecule has 5 heteroatoms. The zero-order valence-corrected chi connectivity index (χ0v) is 6.14. The summed E-state index contributed by atoms with van der Waals surface area (Å²) in [6.45, 7) is 0. The lowest BCUT2D eigenvalue weighted by Gasteiger charge is -1.97. The lowest BCUT2D eigenvalue weighted by atomic mass is 10.2. The van der Waals surface area contributed by atoms with E-state index in [1.54, 1.807) is 12.4 Å². The minimum atomic E-state index is 0.424. The van der Waals surface area contributed by atoms with Crippen LogP contribution in [0.2, 0.25) is 0 Å². The first-order valence-corrected chi connectivity index (χ1v) is 3.33. The second-order valence-corrected chi connectivity index (χ2v) is 2.23. The molecule has 0 radical (unpaired) electrons. The van der Waals surface area contributed by atoms with Crippen LogP contribution in [0.3, 0.4) is 0 Å². The summed E-state index contributed by atoms with van der Waals surface area (Å²) >= 11 is 0. The van der Waals surface area contributed by atoms with E-state index in [-0.39, 0.29) is 0 Å². The molecule has 0 aliphatic rings. The van der Waals surface area contributed by atoms with Gasteiger partial charge < -0.3 is 10.3 Å². The van der Waals surface area contributed by atoms with E-state index in [1.165, 1.54) is 12.6 Å². The molecule has 2 N–H and O–H groups in total. The largest absolute Gasteiger partial charge is 0.383 e. The van der Waals surface area contributed by atoms with E-state index in [0.717, 1.165) is 11.1 Å². The van der Waals surface area contributed by atoms with Gasteiger partial charge in [0.2, 0.25) is 0 Å². The van der Waals surface area contributed by atoms with Crippen molar-refractivity contribution in [3.05, 3.63) is 25.0 Å². The molecule has 2 aromatic heterocycles. The second kappa shape index (κ2) is 2.61. The smallest absolute Gasteiger partial charge is 0.134 e. The Labute approximate surface area is 68.2 Å². The molecule has 60 valence electrons. The average Bonchev–Trinajstić information content (AvgIpc) is 2.57. The maximum absolute atomic E-state index is 5.59. The number of aromatic nitrogens is 3. The van der Waals surface area contributed by atoms with Crippen LogP contribution in [-0.4, -0.2) is 15.1 Å². The fraction of sp³-hybridized carbons (Fsp3) is 0. The quantitative estimate of drug-likeness (QED) is 0.668.